The van der Waals surface area contributed by atoms with E-state index in [1.165, 1.54) is 0 Å². The molecule has 1 saturated heterocycles. The van der Waals surface area contributed by atoms with Crippen molar-refractivity contribution in [1.82, 2.24) is 0 Å². The Labute approximate surface area is 115 Å². The third kappa shape index (κ3) is 2.43. The SMILES string of the molecule is CN=Cc1c(Br)ccc(C2(O)CCOCC2)c1N. The van der Waals surface area contributed by atoms with E-state index in [1.54, 1.807) is 13.3 Å². The Morgan fingerprint density at radius 3 is 2.72 bits per heavy atom. The van der Waals surface area contributed by atoms with E-state index in [0.29, 0.717) is 31.7 Å². The van der Waals surface area contributed by atoms with Crippen LogP contribution in [0.3, 0.4) is 0 Å². The fraction of sp³-hybridized carbons (Fsp3) is 0.462. The van der Waals surface area contributed by atoms with Crippen molar-refractivity contribution >= 4 is 27.8 Å². The summed E-state index contributed by atoms with van der Waals surface area (Å²) >= 11 is 3.45. The predicted octanol–water partition coefficient (Wildman–Crippen LogP) is 2.08. The normalized spacial score (nSPS) is 19.3. The number of hydrogen-bond donors (Lipinski definition) is 2. The Morgan fingerprint density at radius 2 is 2.11 bits per heavy atom. The summed E-state index contributed by atoms with van der Waals surface area (Å²) in [6.07, 6.45) is 2.84. The van der Waals surface area contributed by atoms with Crippen LogP contribution in [0.4, 0.5) is 5.69 Å². The third-order valence-corrected chi connectivity index (χ3v) is 4.00. The number of benzene rings is 1. The van der Waals surface area contributed by atoms with Crippen LogP contribution in [-0.4, -0.2) is 31.6 Å². The molecule has 0 spiro atoms. The summed E-state index contributed by atoms with van der Waals surface area (Å²) in [7, 11) is 1.70. The number of ether oxygens (including phenoxy) is 1. The maximum absolute atomic E-state index is 10.7. The summed E-state index contributed by atoms with van der Waals surface area (Å²) in [5.74, 6) is 0. The van der Waals surface area contributed by atoms with Crippen LogP contribution in [0.1, 0.15) is 24.0 Å². The number of rotatable bonds is 2. The molecule has 1 aliphatic heterocycles. The highest BCUT2D eigenvalue weighted by Gasteiger charge is 2.34. The van der Waals surface area contributed by atoms with Gasteiger partial charge in [0.15, 0.2) is 0 Å². The highest BCUT2D eigenvalue weighted by atomic mass is 79.9. The number of nitrogen functional groups attached to an aromatic ring is 1. The highest BCUT2D eigenvalue weighted by Crippen LogP contribution is 2.38. The van der Waals surface area contributed by atoms with Gasteiger partial charge in [0.2, 0.25) is 0 Å². The van der Waals surface area contributed by atoms with Gasteiger partial charge in [0.05, 0.1) is 5.60 Å². The van der Waals surface area contributed by atoms with Gasteiger partial charge in [-0.1, -0.05) is 22.0 Å². The molecular formula is C13H17BrN2O2. The van der Waals surface area contributed by atoms with E-state index in [0.717, 1.165) is 15.6 Å². The molecule has 1 heterocycles. The highest BCUT2D eigenvalue weighted by molar-refractivity contribution is 9.10. The van der Waals surface area contributed by atoms with Crippen LogP contribution in [0, 0.1) is 0 Å². The minimum Gasteiger partial charge on any atom is -0.398 e. The van der Waals surface area contributed by atoms with E-state index in [1.807, 2.05) is 12.1 Å². The topological polar surface area (TPSA) is 67.8 Å². The molecule has 0 unspecified atom stereocenters. The number of nitrogens with zero attached hydrogens (tertiary/aromatic N) is 1. The lowest BCUT2D eigenvalue weighted by Crippen LogP contribution is -2.34. The van der Waals surface area contributed by atoms with Gasteiger partial charge >= 0.3 is 0 Å². The number of halogens is 1. The monoisotopic (exact) mass is 312 g/mol. The van der Waals surface area contributed by atoms with Crippen molar-refractivity contribution in [2.75, 3.05) is 26.0 Å². The van der Waals surface area contributed by atoms with Crippen molar-refractivity contribution in [3.8, 4) is 0 Å². The zero-order valence-corrected chi connectivity index (χ0v) is 11.9. The molecule has 18 heavy (non-hydrogen) atoms. The lowest BCUT2D eigenvalue weighted by Gasteiger charge is -2.33. The minimum absolute atomic E-state index is 0.559. The zero-order valence-electron chi connectivity index (χ0n) is 10.3. The molecule has 5 heteroatoms. The molecule has 0 aromatic heterocycles. The van der Waals surface area contributed by atoms with Gasteiger partial charge in [0, 0.05) is 60.6 Å². The van der Waals surface area contributed by atoms with Gasteiger partial charge in [-0.2, -0.15) is 0 Å². The Balaban J connectivity index is 2.48. The lowest BCUT2D eigenvalue weighted by atomic mass is 9.84. The smallest absolute Gasteiger partial charge is 0.0960 e. The molecule has 1 fully saturated rings. The second-order valence-electron chi connectivity index (χ2n) is 4.45. The van der Waals surface area contributed by atoms with Gasteiger partial charge < -0.3 is 15.6 Å². The van der Waals surface area contributed by atoms with Crippen molar-refractivity contribution in [2.45, 2.75) is 18.4 Å². The molecule has 0 aliphatic carbocycles. The van der Waals surface area contributed by atoms with E-state index in [2.05, 4.69) is 20.9 Å². The first-order valence-corrected chi connectivity index (χ1v) is 6.68. The van der Waals surface area contributed by atoms with Crippen LogP contribution < -0.4 is 5.73 Å². The summed E-state index contributed by atoms with van der Waals surface area (Å²) in [5.41, 5.74) is 7.44. The summed E-state index contributed by atoms with van der Waals surface area (Å²) in [6.45, 7) is 1.12. The molecule has 0 saturated carbocycles. The number of hydrogen-bond acceptors (Lipinski definition) is 4. The van der Waals surface area contributed by atoms with Crippen LogP contribution >= 0.6 is 15.9 Å². The molecule has 0 radical (unpaired) electrons. The second kappa shape index (κ2) is 5.38. The number of aliphatic hydroxyl groups is 1. The number of nitrogens with two attached hydrogens (primary N) is 1. The lowest BCUT2D eigenvalue weighted by molar-refractivity contribution is -0.0674. The van der Waals surface area contributed by atoms with Gasteiger partial charge in [0.25, 0.3) is 0 Å². The molecule has 2 rings (SSSR count). The van der Waals surface area contributed by atoms with Gasteiger partial charge in [-0.3, -0.25) is 4.99 Å². The van der Waals surface area contributed by atoms with E-state index < -0.39 is 5.60 Å². The molecule has 0 amide bonds. The quantitative estimate of drug-likeness (QED) is 0.649. The van der Waals surface area contributed by atoms with Crippen LogP contribution in [0.25, 0.3) is 0 Å². The van der Waals surface area contributed by atoms with Crippen molar-refractivity contribution in [2.24, 2.45) is 4.99 Å². The van der Waals surface area contributed by atoms with Gasteiger partial charge in [-0.15, -0.1) is 0 Å². The third-order valence-electron chi connectivity index (χ3n) is 3.31. The first-order chi connectivity index (χ1) is 8.58. The number of aliphatic imine (C=N–C) groups is 1. The molecule has 1 aromatic rings. The van der Waals surface area contributed by atoms with Gasteiger partial charge in [-0.05, 0) is 6.07 Å². The summed E-state index contributed by atoms with van der Waals surface area (Å²) in [4.78, 5) is 4.00. The van der Waals surface area contributed by atoms with E-state index in [9.17, 15) is 5.11 Å². The predicted molar refractivity (Wildman–Crippen MR) is 76.0 cm³/mol. The zero-order chi connectivity index (χ0) is 13.2. The Kier molecular flexibility index (Phi) is 4.04. The first kappa shape index (κ1) is 13.5. The fourth-order valence-electron chi connectivity index (χ4n) is 2.25. The van der Waals surface area contributed by atoms with Crippen LogP contribution in [0.15, 0.2) is 21.6 Å². The van der Waals surface area contributed by atoms with Crippen LogP contribution in [-0.2, 0) is 10.3 Å². The number of anilines is 1. The van der Waals surface area contributed by atoms with E-state index in [-0.39, 0.29) is 0 Å². The van der Waals surface area contributed by atoms with Crippen LogP contribution in [0.5, 0.6) is 0 Å². The average Bonchev–Trinajstić information content (AvgIpc) is 2.35. The Hall–Kier alpha value is -0.910. The molecule has 98 valence electrons. The molecule has 1 aromatic carbocycles. The van der Waals surface area contributed by atoms with Crippen molar-refractivity contribution < 1.29 is 9.84 Å². The first-order valence-electron chi connectivity index (χ1n) is 5.89. The van der Waals surface area contributed by atoms with Crippen molar-refractivity contribution in [3.63, 3.8) is 0 Å². The van der Waals surface area contributed by atoms with Crippen LogP contribution in [0.2, 0.25) is 0 Å². The van der Waals surface area contributed by atoms with Crippen molar-refractivity contribution in [1.29, 1.82) is 0 Å². The summed E-state index contributed by atoms with van der Waals surface area (Å²) in [5, 5.41) is 10.7. The molecule has 3 N–H and O–H groups in total. The molecule has 0 bridgehead atoms. The van der Waals surface area contributed by atoms with Gasteiger partial charge in [-0.25, -0.2) is 0 Å². The molecular weight excluding hydrogens is 296 g/mol. The second-order valence-corrected chi connectivity index (χ2v) is 5.31. The molecule has 1 aliphatic rings. The van der Waals surface area contributed by atoms with E-state index in [4.69, 9.17) is 10.5 Å². The summed E-state index contributed by atoms with van der Waals surface area (Å²) < 4.78 is 6.17. The Morgan fingerprint density at radius 1 is 1.44 bits per heavy atom. The van der Waals surface area contributed by atoms with Gasteiger partial charge in [0.1, 0.15) is 0 Å². The maximum Gasteiger partial charge on any atom is 0.0960 e. The minimum atomic E-state index is -0.890. The van der Waals surface area contributed by atoms with Crippen molar-refractivity contribution in [3.05, 3.63) is 27.7 Å². The maximum atomic E-state index is 10.7. The largest absolute Gasteiger partial charge is 0.398 e. The standard InChI is InChI=1S/C13H17BrN2O2/c1-16-8-9-11(14)3-2-10(12(9)15)13(17)4-6-18-7-5-13/h2-3,8,17H,4-7,15H2,1H3. The summed E-state index contributed by atoms with van der Waals surface area (Å²) in [6, 6.07) is 3.77. The van der Waals surface area contributed by atoms with E-state index >= 15 is 0 Å². The Bertz CT molecular complexity index is 468. The molecule has 0 atom stereocenters. The average molecular weight is 313 g/mol. The fourth-order valence-corrected chi connectivity index (χ4v) is 2.70. The molecule has 4 nitrogen and oxygen atoms in total.